The van der Waals surface area contributed by atoms with Crippen molar-refractivity contribution in [3.63, 3.8) is 0 Å². The van der Waals surface area contributed by atoms with Gasteiger partial charge < -0.3 is 10.0 Å². The molecule has 5 nitrogen and oxygen atoms in total. The number of halogens is 1. The number of aliphatic hydroxyl groups is 1. The van der Waals surface area contributed by atoms with E-state index >= 15 is 0 Å². The van der Waals surface area contributed by atoms with Crippen molar-refractivity contribution in [2.24, 2.45) is 11.8 Å². The molecule has 0 heterocycles. The second-order valence-corrected chi connectivity index (χ2v) is 6.32. The number of benzene rings is 1. The molecule has 1 amide bonds. The number of aliphatic hydroxyl groups excluding tert-OH is 1. The first-order chi connectivity index (χ1) is 9.49. The van der Waals surface area contributed by atoms with Crippen LogP contribution in [0.5, 0.6) is 0 Å². The molecule has 0 radical (unpaired) electrons. The minimum Gasteiger partial charge on any atom is -0.393 e. The molecule has 0 unspecified atom stereocenters. The summed E-state index contributed by atoms with van der Waals surface area (Å²) in [6.45, 7) is 1.78. The molecule has 4 N–H and O–H groups in total. The van der Waals surface area contributed by atoms with Crippen LogP contribution in [0.2, 0.25) is 0 Å². The summed E-state index contributed by atoms with van der Waals surface area (Å²) in [5, 5.41) is 9.30. The Morgan fingerprint density at radius 1 is 1.55 bits per heavy atom. The number of nitrogens with one attached hydrogen (secondary N) is 1. The van der Waals surface area contributed by atoms with Crippen LogP contribution in [0, 0.1) is 5.92 Å². The van der Waals surface area contributed by atoms with E-state index in [0.29, 0.717) is 11.5 Å². The summed E-state index contributed by atoms with van der Waals surface area (Å²) in [6, 6.07) is 5.47. The van der Waals surface area contributed by atoms with Gasteiger partial charge in [0.2, 0.25) is 0 Å². The predicted molar refractivity (Wildman–Crippen MR) is 80.9 cm³/mol. The highest BCUT2D eigenvalue weighted by atomic mass is 79.9. The number of hydrogen-bond donors (Lipinski definition) is 3. The van der Waals surface area contributed by atoms with Crippen LogP contribution in [-0.4, -0.2) is 35.6 Å². The number of carbonyl (C=O) groups excluding carboxylic acids is 1. The van der Waals surface area contributed by atoms with Crippen LogP contribution in [0.3, 0.4) is 0 Å². The largest absolute Gasteiger partial charge is 0.393 e. The fourth-order valence-corrected chi connectivity index (χ4v) is 3.05. The molecule has 1 aliphatic rings. The molecule has 1 aromatic rings. The van der Waals surface area contributed by atoms with Gasteiger partial charge in [0, 0.05) is 23.1 Å². The highest BCUT2D eigenvalue weighted by Gasteiger charge is 2.27. The van der Waals surface area contributed by atoms with Gasteiger partial charge in [-0.2, -0.15) is 0 Å². The van der Waals surface area contributed by atoms with Crippen LogP contribution in [0.1, 0.15) is 28.8 Å². The minimum atomic E-state index is -0.297. The van der Waals surface area contributed by atoms with Gasteiger partial charge in [-0.05, 0) is 43.5 Å². The molecule has 1 saturated carbocycles. The molecule has 1 aliphatic carbocycles. The first kappa shape index (κ1) is 15.4. The molecule has 0 saturated heterocycles. The van der Waals surface area contributed by atoms with Gasteiger partial charge >= 0.3 is 0 Å². The fraction of sp³-hybridized carbons (Fsp3) is 0.500. The monoisotopic (exact) mass is 341 g/mol. The molecule has 0 bridgehead atoms. The van der Waals surface area contributed by atoms with Gasteiger partial charge in [0.1, 0.15) is 0 Å². The van der Waals surface area contributed by atoms with E-state index in [0.717, 1.165) is 36.0 Å². The van der Waals surface area contributed by atoms with Crippen LogP contribution in [0.15, 0.2) is 22.7 Å². The third-order valence-corrected chi connectivity index (χ3v) is 4.41. The van der Waals surface area contributed by atoms with Crippen molar-refractivity contribution < 1.29 is 9.90 Å². The molecule has 1 aromatic carbocycles. The number of hydrazine groups is 1. The number of amides is 1. The van der Waals surface area contributed by atoms with Crippen LogP contribution in [0.4, 0.5) is 0 Å². The van der Waals surface area contributed by atoms with Crippen molar-refractivity contribution in [3.8, 4) is 0 Å². The molecule has 20 heavy (non-hydrogen) atoms. The van der Waals surface area contributed by atoms with Crippen LogP contribution in [0.25, 0.3) is 0 Å². The summed E-state index contributed by atoms with van der Waals surface area (Å²) in [6.07, 6.45) is 1.71. The van der Waals surface area contributed by atoms with E-state index < -0.39 is 0 Å². The molecular weight excluding hydrogens is 322 g/mol. The van der Waals surface area contributed by atoms with E-state index in [1.54, 1.807) is 12.1 Å². The van der Waals surface area contributed by atoms with E-state index in [9.17, 15) is 9.90 Å². The summed E-state index contributed by atoms with van der Waals surface area (Å²) >= 11 is 3.49. The smallest absolute Gasteiger partial charge is 0.265 e. The molecule has 6 heteroatoms. The first-order valence-corrected chi connectivity index (χ1v) is 7.45. The summed E-state index contributed by atoms with van der Waals surface area (Å²) < 4.78 is 0.902. The Hall–Kier alpha value is -0.950. The highest BCUT2D eigenvalue weighted by molar-refractivity contribution is 9.10. The van der Waals surface area contributed by atoms with E-state index in [1.807, 2.05) is 6.07 Å². The van der Waals surface area contributed by atoms with E-state index in [-0.39, 0.29) is 12.0 Å². The van der Waals surface area contributed by atoms with Gasteiger partial charge in [-0.25, -0.2) is 5.84 Å². The summed E-state index contributed by atoms with van der Waals surface area (Å²) in [7, 11) is 2.07. The average Bonchev–Trinajstić information content (AvgIpc) is 2.38. The van der Waals surface area contributed by atoms with E-state index in [1.165, 1.54) is 0 Å². The molecular formula is C14H20BrN3O2. The molecule has 0 atom stereocenters. The highest BCUT2D eigenvalue weighted by Crippen LogP contribution is 2.28. The normalized spacial score (nSPS) is 21.6. The average molecular weight is 342 g/mol. The van der Waals surface area contributed by atoms with Gasteiger partial charge in [-0.1, -0.05) is 22.0 Å². The molecule has 0 spiro atoms. The Labute approximate surface area is 127 Å². The lowest BCUT2D eigenvalue weighted by Crippen LogP contribution is -2.36. The number of nitrogens with zero attached hydrogens (tertiary/aromatic N) is 1. The summed E-state index contributed by atoms with van der Waals surface area (Å²) in [4.78, 5) is 13.7. The Morgan fingerprint density at radius 2 is 2.25 bits per heavy atom. The lowest BCUT2D eigenvalue weighted by atomic mass is 9.82. The van der Waals surface area contributed by atoms with Gasteiger partial charge in [0.25, 0.3) is 5.91 Å². The number of rotatable bonds is 5. The van der Waals surface area contributed by atoms with Crippen LogP contribution < -0.4 is 11.3 Å². The second-order valence-electron chi connectivity index (χ2n) is 5.47. The second kappa shape index (κ2) is 6.67. The third kappa shape index (κ3) is 3.79. The zero-order chi connectivity index (χ0) is 14.7. The summed E-state index contributed by atoms with van der Waals surface area (Å²) in [5.74, 6) is 5.41. The Bertz CT molecular complexity index is 489. The van der Waals surface area contributed by atoms with Crippen LogP contribution in [-0.2, 0) is 6.54 Å². The molecule has 0 aliphatic heterocycles. The number of nitrogen functional groups attached to an aromatic ring is 1. The predicted octanol–water partition coefficient (Wildman–Crippen LogP) is 1.26. The molecule has 110 valence electrons. The molecule has 1 fully saturated rings. The number of hydrogen-bond acceptors (Lipinski definition) is 4. The van der Waals surface area contributed by atoms with Crippen molar-refractivity contribution >= 4 is 21.8 Å². The quantitative estimate of drug-likeness (QED) is 0.428. The van der Waals surface area contributed by atoms with Gasteiger partial charge in [-0.15, -0.1) is 0 Å². The number of nitrogens with two attached hydrogens (primary N) is 1. The van der Waals surface area contributed by atoms with Crippen molar-refractivity contribution in [2.75, 3.05) is 13.6 Å². The van der Waals surface area contributed by atoms with E-state index in [2.05, 4.69) is 33.3 Å². The first-order valence-electron chi connectivity index (χ1n) is 6.65. The van der Waals surface area contributed by atoms with Crippen molar-refractivity contribution in [1.29, 1.82) is 0 Å². The van der Waals surface area contributed by atoms with Gasteiger partial charge in [0.05, 0.1) is 6.10 Å². The SMILES string of the molecule is CN(Cc1ccc(C(=O)NN)cc1Br)CC1CC(O)C1. The zero-order valence-electron chi connectivity index (χ0n) is 11.5. The van der Waals surface area contributed by atoms with E-state index in [4.69, 9.17) is 5.84 Å². The maximum atomic E-state index is 11.4. The fourth-order valence-electron chi connectivity index (χ4n) is 2.55. The lowest BCUT2D eigenvalue weighted by Gasteiger charge is -2.34. The van der Waals surface area contributed by atoms with Crippen molar-refractivity contribution in [2.45, 2.75) is 25.5 Å². The van der Waals surface area contributed by atoms with Gasteiger partial charge in [-0.3, -0.25) is 10.2 Å². The van der Waals surface area contributed by atoms with Crippen molar-refractivity contribution in [1.82, 2.24) is 10.3 Å². The third-order valence-electron chi connectivity index (χ3n) is 3.67. The maximum absolute atomic E-state index is 11.4. The Kier molecular flexibility index (Phi) is 5.15. The standard InChI is InChI=1S/C14H20BrN3O2/c1-18(7-9-4-12(19)5-9)8-11-3-2-10(6-13(11)15)14(20)17-16/h2-3,6,9,12,19H,4-5,7-8,16H2,1H3,(H,17,20). The zero-order valence-corrected chi connectivity index (χ0v) is 13.1. The molecule has 2 rings (SSSR count). The topological polar surface area (TPSA) is 78.6 Å². The summed E-state index contributed by atoms with van der Waals surface area (Å²) in [5.41, 5.74) is 3.78. The van der Waals surface area contributed by atoms with Crippen LogP contribution >= 0.6 is 15.9 Å². The minimum absolute atomic E-state index is 0.103. The lowest BCUT2D eigenvalue weighted by molar-refractivity contribution is 0.0273. The van der Waals surface area contributed by atoms with Crippen molar-refractivity contribution in [3.05, 3.63) is 33.8 Å². The number of carbonyl (C=O) groups is 1. The molecule has 0 aromatic heterocycles. The van der Waals surface area contributed by atoms with Gasteiger partial charge in [0.15, 0.2) is 0 Å². The Morgan fingerprint density at radius 3 is 2.80 bits per heavy atom. The Balaban J connectivity index is 1.93. The maximum Gasteiger partial charge on any atom is 0.265 e.